The number of ether oxygens (including phenoxy) is 1. The van der Waals surface area contributed by atoms with Crippen LogP contribution in [0.1, 0.15) is 34.7 Å². The summed E-state index contributed by atoms with van der Waals surface area (Å²) in [5, 5.41) is 2.97. The van der Waals surface area contributed by atoms with Crippen molar-refractivity contribution < 1.29 is 4.74 Å². The maximum absolute atomic E-state index is 6.21. The van der Waals surface area contributed by atoms with Gasteiger partial charge in [0, 0.05) is 29.6 Å². The van der Waals surface area contributed by atoms with Crippen LogP contribution in [-0.2, 0) is 0 Å². The molecule has 0 amide bonds. The quantitative estimate of drug-likeness (QED) is 0.841. The van der Waals surface area contributed by atoms with E-state index in [2.05, 4.69) is 24.0 Å². The summed E-state index contributed by atoms with van der Waals surface area (Å²) in [7, 11) is 0. The summed E-state index contributed by atoms with van der Waals surface area (Å²) in [6.07, 6.45) is 2.60. The summed E-state index contributed by atoms with van der Waals surface area (Å²) in [4.78, 5) is 4.30. The molecular weight excluding hydrogens is 232 g/mol. The van der Waals surface area contributed by atoms with Crippen LogP contribution in [0, 0.1) is 6.92 Å². The molecule has 1 aromatic heterocycles. The van der Waals surface area contributed by atoms with Crippen LogP contribution in [0.3, 0.4) is 0 Å². The number of benzene rings is 1. The number of aromatic nitrogens is 1. The van der Waals surface area contributed by atoms with Crippen LogP contribution < -0.4 is 10.5 Å². The average Bonchev–Trinajstić information content (AvgIpc) is 2.83. The molecule has 1 aromatic carbocycles. The van der Waals surface area contributed by atoms with Crippen molar-refractivity contribution in [2.75, 3.05) is 0 Å². The van der Waals surface area contributed by atoms with Crippen LogP contribution in [0.2, 0.25) is 0 Å². The predicted molar refractivity (Wildman–Crippen MR) is 68.2 cm³/mol. The standard InChI is InChI=1S/C13H14N2OS/c1-8-2-3-11-9(6-8)10(14)7-12(16-11)13-15-4-5-17-13/h2-6,10,12H,7,14H2,1H3. The number of hydrogen-bond acceptors (Lipinski definition) is 4. The highest BCUT2D eigenvalue weighted by Crippen LogP contribution is 2.40. The highest BCUT2D eigenvalue weighted by Gasteiger charge is 2.28. The van der Waals surface area contributed by atoms with Gasteiger partial charge in [-0.2, -0.15) is 0 Å². The Morgan fingerprint density at radius 1 is 1.47 bits per heavy atom. The lowest BCUT2D eigenvalue weighted by Gasteiger charge is -2.29. The van der Waals surface area contributed by atoms with Crippen molar-refractivity contribution in [2.24, 2.45) is 5.73 Å². The second-order valence-corrected chi connectivity index (χ2v) is 5.29. The Bertz CT molecular complexity index is 524. The fraction of sp³-hybridized carbons (Fsp3) is 0.308. The van der Waals surface area contributed by atoms with Gasteiger partial charge in [0.1, 0.15) is 10.8 Å². The molecule has 2 heterocycles. The van der Waals surface area contributed by atoms with Crippen molar-refractivity contribution in [1.29, 1.82) is 0 Å². The van der Waals surface area contributed by atoms with Gasteiger partial charge < -0.3 is 10.5 Å². The van der Waals surface area contributed by atoms with E-state index in [4.69, 9.17) is 10.5 Å². The van der Waals surface area contributed by atoms with Gasteiger partial charge in [0.05, 0.1) is 0 Å². The first-order valence-corrected chi connectivity index (χ1v) is 6.54. The molecule has 0 radical (unpaired) electrons. The molecule has 1 aliphatic heterocycles. The molecule has 2 atom stereocenters. The van der Waals surface area contributed by atoms with Gasteiger partial charge in [-0.25, -0.2) is 4.98 Å². The second kappa shape index (κ2) is 4.13. The molecule has 0 saturated heterocycles. The Hall–Kier alpha value is -1.39. The Kier molecular flexibility index (Phi) is 2.61. The van der Waals surface area contributed by atoms with Gasteiger partial charge in [0.25, 0.3) is 0 Å². The minimum absolute atomic E-state index is 0.000191. The first kappa shape index (κ1) is 10.7. The number of fused-ring (bicyclic) bond motifs is 1. The van der Waals surface area contributed by atoms with Crippen molar-refractivity contribution in [1.82, 2.24) is 4.98 Å². The van der Waals surface area contributed by atoms with E-state index in [1.165, 1.54) is 5.56 Å². The van der Waals surface area contributed by atoms with Gasteiger partial charge in [-0.15, -0.1) is 11.3 Å². The number of rotatable bonds is 1. The molecule has 1 aliphatic rings. The minimum Gasteiger partial charge on any atom is -0.483 e. The molecule has 0 bridgehead atoms. The maximum Gasteiger partial charge on any atom is 0.152 e. The lowest BCUT2D eigenvalue weighted by atomic mass is 9.96. The number of nitrogens with two attached hydrogens (primary N) is 1. The smallest absolute Gasteiger partial charge is 0.152 e. The molecular formula is C13H14N2OS. The Labute approximate surface area is 104 Å². The van der Waals surface area contributed by atoms with Gasteiger partial charge in [-0.3, -0.25) is 0 Å². The van der Waals surface area contributed by atoms with E-state index in [-0.39, 0.29) is 12.1 Å². The highest BCUT2D eigenvalue weighted by molar-refractivity contribution is 7.09. The van der Waals surface area contributed by atoms with E-state index in [9.17, 15) is 0 Å². The van der Waals surface area contributed by atoms with Gasteiger partial charge in [0.2, 0.25) is 0 Å². The monoisotopic (exact) mass is 246 g/mol. The summed E-state index contributed by atoms with van der Waals surface area (Å²) in [6.45, 7) is 2.07. The van der Waals surface area contributed by atoms with Crippen molar-refractivity contribution in [3.63, 3.8) is 0 Å². The van der Waals surface area contributed by atoms with Gasteiger partial charge in [-0.05, 0) is 13.0 Å². The van der Waals surface area contributed by atoms with Crippen LogP contribution >= 0.6 is 11.3 Å². The SMILES string of the molecule is Cc1ccc2c(c1)C(N)CC(c1nccs1)O2. The molecule has 2 N–H and O–H groups in total. The van der Waals surface area contributed by atoms with Crippen molar-refractivity contribution in [3.8, 4) is 5.75 Å². The van der Waals surface area contributed by atoms with Crippen molar-refractivity contribution in [2.45, 2.75) is 25.5 Å². The molecule has 17 heavy (non-hydrogen) atoms. The topological polar surface area (TPSA) is 48.1 Å². The Morgan fingerprint density at radius 3 is 3.12 bits per heavy atom. The van der Waals surface area contributed by atoms with E-state index in [1.54, 1.807) is 17.5 Å². The van der Waals surface area contributed by atoms with Crippen LogP contribution in [0.25, 0.3) is 0 Å². The zero-order chi connectivity index (χ0) is 11.8. The Balaban J connectivity index is 1.96. The van der Waals surface area contributed by atoms with Gasteiger partial charge in [-0.1, -0.05) is 17.7 Å². The molecule has 3 nitrogen and oxygen atoms in total. The molecule has 0 aliphatic carbocycles. The first-order valence-electron chi connectivity index (χ1n) is 5.66. The molecule has 3 rings (SSSR count). The minimum atomic E-state index is 0.000191. The van der Waals surface area contributed by atoms with E-state index < -0.39 is 0 Å². The maximum atomic E-state index is 6.21. The molecule has 2 aromatic rings. The highest BCUT2D eigenvalue weighted by atomic mass is 32.1. The van der Waals surface area contributed by atoms with E-state index in [0.29, 0.717) is 0 Å². The molecule has 0 spiro atoms. The lowest BCUT2D eigenvalue weighted by Crippen LogP contribution is -2.24. The summed E-state index contributed by atoms with van der Waals surface area (Å²) >= 11 is 1.62. The lowest BCUT2D eigenvalue weighted by molar-refractivity contribution is 0.161. The van der Waals surface area contributed by atoms with Gasteiger partial charge >= 0.3 is 0 Å². The third-order valence-corrected chi connectivity index (χ3v) is 3.90. The molecule has 4 heteroatoms. The van der Waals surface area contributed by atoms with Crippen LogP contribution in [-0.4, -0.2) is 4.98 Å². The first-order chi connectivity index (χ1) is 8.24. The fourth-order valence-corrected chi connectivity index (χ4v) is 2.85. The van der Waals surface area contributed by atoms with E-state index in [1.807, 2.05) is 11.4 Å². The third-order valence-electron chi connectivity index (χ3n) is 3.03. The van der Waals surface area contributed by atoms with E-state index >= 15 is 0 Å². The van der Waals surface area contributed by atoms with Crippen LogP contribution in [0.15, 0.2) is 29.8 Å². The normalized spacial score (nSPS) is 22.9. The second-order valence-electron chi connectivity index (χ2n) is 4.36. The zero-order valence-corrected chi connectivity index (χ0v) is 10.4. The molecule has 0 saturated carbocycles. The number of thiazole rings is 1. The van der Waals surface area contributed by atoms with Crippen LogP contribution in [0.4, 0.5) is 0 Å². The summed E-state index contributed by atoms with van der Waals surface area (Å²) in [5.41, 5.74) is 8.54. The zero-order valence-electron chi connectivity index (χ0n) is 9.59. The molecule has 0 fully saturated rings. The molecule has 2 unspecified atom stereocenters. The molecule has 88 valence electrons. The fourth-order valence-electron chi connectivity index (χ4n) is 2.17. The predicted octanol–water partition coefficient (Wildman–Crippen LogP) is 2.98. The van der Waals surface area contributed by atoms with Crippen molar-refractivity contribution >= 4 is 11.3 Å². The summed E-state index contributed by atoms with van der Waals surface area (Å²) < 4.78 is 5.97. The Morgan fingerprint density at radius 2 is 2.35 bits per heavy atom. The van der Waals surface area contributed by atoms with Crippen molar-refractivity contribution in [3.05, 3.63) is 45.9 Å². The number of nitrogens with zero attached hydrogens (tertiary/aromatic N) is 1. The number of hydrogen-bond donors (Lipinski definition) is 1. The largest absolute Gasteiger partial charge is 0.483 e. The summed E-state index contributed by atoms with van der Waals surface area (Å²) in [5.74, 6) is 0.898. The van der Waals surface area contributed by atoms with Gasteiger partial charge in [0.15, 0.2) is 6.10 Å². The number of aryl methyl sites for hydroxylation is 1. The third kappa shape index (κ3) is 1.94. The summed E-state index contributed by atoms with van der Waals surface area (Å²) in [6, 6.07) is 6.20. The van der Waals surface area contributed by atoms with E-state index in [0.717, 1.165) is 22.7 Å². The average molecular weight is 246 g/mol. The van der Waals surface area contributed by atoms with Crippen LogP contribution in [0.5, 0.6) is 5.75 Å².